The summed E-state index contributed by atoms with van der Waals surface area (Å²) < 4.78 is 11.1. The van der Waals surface area contributed by atoms with E-state index in [1.54, 1.807) is 18.2 Å². The van der Waals surface area contributed by atoms with E-state index in [2.05, 4.69) is 5.32 Å². The Hall–Kier alpha value is -2.65. The third kappa shape index (κ3) is 2.71. The minimum Gasteiger partial charge on any atom is -0.486 e. The maximum absolute atomic E-state index is 12.2. The van der Waals surface area contributed by atoms with Crippen LogP contribution >= 0.6 is 0 Å². The van der Waals surface area contributed by atoms with Crippen LogP contribution in [-0.2, 0) is 19.2 Å². The summed E-state index contributed by atoms with van der Waals surface area (Å²) in [7, 11) is 0. The molecule has 3 N–H and O–H groups in total. The normalized spacial score (nSPS) is 27.9. The van der Waals surface area contributed by atoms with Gasteiger partial charge in [-0.05, 0) is 17.7 Å². The van der Waals surface area contributed by atoms with Gasteiger partial charge >= 0.3 is 0 Å². The lowest BCUT2D eigenvalue weighted by Crippen LogP contribution is -2.35. The summed E-state index contributed by atoms with van der Waals surface area (Å²) in [5.41, 5.74) is 5.95. The lowest BCUT2D eigenvalue weighted by Gasteiger charge is -2.26. The topological polar surface area (TPSA) is 120 Å². The molecule has 2 saturated heterocycles. The number of hydrogen-bond acceptors (Lipinski definition) is 7. The molecular formula is C16H17N3O6. The van der Waals surface area contributed by atoms with Gasteiger partial charge < -0.3 is 15.2 Å². The molecule has 0 aromatic heterocycles. The molecule has 9 nitrogen and oxygen atoms in total. The third-order valence-electron chi connectivity index (χ3n) is 4.52. The van der Waals surface area contributed by atoms with E-state index in [1.807, 2.05) is 0 Å². The molecule has 3 unspecified atom stereocenters. The van der Waals surface area contributed by atoms with Gasteiger partial charge in [-0.1, -0.05) is 6.07 Å². The predicted molar refractivity (Wildman–Crippen MR) is 82.2 cm³/mol. The summed E-state index contributed by atoms with van der Waals surface area (Å²) in [6, 6.07) is 4.82. The Labute approximate surface area is 142 Å². The number of imide groups is 1. The minimum absolute atomic E-state index is 0.0519. The van der Waals surface area contributed by atoms with Crippen molar-refractivity contribution in [1.29, 1.82) is 0 Å². The molecule has 9 heteroatoms. The Kier molecular flexibility index (Phi) is 3.81. The Balaban J connectivity index is 1.68. The molecule has 0 aliphatic carbocycles. The van der Waals surface area contributed by atoms with Crippen LogP contribution in [0.1, 0.15) is 18.0 Å². The van der Waals surface area contributed by atoms with Crippen molar-refractivity contribution in [3.05, 3.63) is 23.8 Å². The molecule has 0 saturated carbocycles. The van der Waals surface area contributed by atoms with Crippen molar-refractivity contribution < 1.29 is 28.7 Å². The van der Waals surface area contributed by atoms with E-state index >= 15 is 0 Å². The lowest BCUT2D eigenvalue weighted by atomic mass is 9.90. The highest BCUT2D eigenvalue weighted by atomic mass is 16.7. The van der Waals surface area contributed by atoms with Crippen molar-refractivity contribution in [2.75, 3.05) is 19.8 Å². The molecule has 0 bridgehead atoms. The van der Waals surface area contributed by atoms with Crippen LogP contribution in [0.2, 0.25) is 0 Å². The summed E-state index contributed by atoms with van der Waals surface area (Å²) in [6.45, 7) is 1.10. The van der Waals surface area contributed by atoms with Gasteiger partial charge in [0.25, 0.3) is 5.91 Å². The maximum Gasteiger partial charge on any atom is 0.258 e. The van der Waals surface area contributed by atoms with E-state index in [0.717, 1.165) is 5.56 Å². The molecule has 3 aliphatic heterocycles. The van der Waals surface area contributed by atoms with Gasteiger partial charge in [-0.3, -0.25) is 24.5 Å². The molecule has 0 spiro atoms. The molecule has 3 atom stereocenters. The first-order valence-corrected chi connectivity index (χ1v) is 8.00. The van der Waals surface area contributed by atoms with E-state index in [1.165, 1.54) is 5.06 Å². The number of amides is 3. The summed E-state index contributed by atoms with van der Waals surface area (Å²) in [6.07, 6.45) is -0.852. The number of nitrogens with two attached hydrogens (primary N) is 1. The first-order chi connectivity index (χ1) is 12.0. The summed E-state index contributed by atoms with van der Waals surface area (Å²) in [5.74, 6) is -0.844. The van der Waals surface area contributed by atoms with Crippen LogP contribution < -0.4 is 20.5 Å². The second kappa shape index (κ2) is 6.01. The highest BCUT2D eigenvalue weighted by molar-refractivity contribution is 6.07. The van der Waals surface area contributed by atoms with Gasteiger partial charge in [0.1, 0.15) is 13.2 Å². The quantitative estimate of drug-likeness (QED) is 0.689. The standard InChI is InChI=1S/C16H17N3O6/c17-11(20)3-4-19-13(12-14(25-19)16(22)18-15(12)21)8-1-2-9-10(7-8)24-6-5-23-9/h1-2,7,12-14H,3-6H2,(H2,17,20)(H,18,21,22). The molecule has 1 aromatic rings. The smallest absolute Gasteiger partial charge is 0.258 e. The minimum atomic E-state index is -0.904. The summed E-state index contributed by atoms with van der Waals surface area (Å²) >= 11 is 0. The second-order valence-electron chi connectivity index (χ2n) is 6.11. The van der Waals surface area contributed by atoms with E-state index in [9.17, 15) is 14.4 Å². The van der Waals surface area contributed by atoms with E-state index in [0.29, 0.717) is 24.7 Å². The van der Waals surface area contributed by atoms with Gasteiger partial charge in [-0.2, -0.15) is 5.06 Å². The fourth-order valence-electron chi connectivity index (χ4n) is 3.42. The number of carbonyl (C=O) groups excluding carboxylic acids is 3. The van der Waals surface area contributed by atoms with Crippen molar-refractivity contribution in [3.63, 3.8) is 0 Å². The monoisotopic (exact) mass is 347 g/mol. The van der Waals surface area contributed by atoms with Crippen LogP contribution in [0.15, 0.2) is 18.2 Å². The van der Waals surface area contributed by atoms with Gasteiger partial charge in [0.15, 0.2) is 17.6 Å². The van der Waals surface area contributed by atoms with Crippen molar-refractivity contribution in [2.45, 2.75) is 18.6 Å². The van der Waals surface area contributed by atoms with Crippen molar-refractivity contribution in [1.82, 2.24) is 10.4 Å². The average Bonchev–Trinajstić information content (AvgIpc) is 3.10. The molecule has 4 rings (SSSR count). The number of benzene rings is 1. The molecule has 2 fully saturated rings. The Morgan fingerprint density at radius 3 is 2.72 bits per heavy atom. The fourth-order valence-corrected chi connectivity index (χ4v) is 3.42. The molecule has 3 amide bonds. The zero-order valence-corrected chi connectivity index (χ0v) is 13.3. The van der Waals surface area contributed by atoms with Crippen LogP contribution in [0.3, 0.4) is 0 Å². The Morgan fingerprint density at radius 2 is 1.96 bits per heavy atom. The number of carbonyl (C=O) groups is 3. The van der Waals surface area contributed by atoms with Crippen LogP contribution in [0.5, 0.6) is 11.5 Å². The third-order valence-corrected chi connectivity index (χ3v) is 4.52. The van der Waals surface area contributed by atoms with Crippen LogP contribution in [-0.4, -0.2) is 48.6 Å². The van der Waals surface area contributed by atoms with Gasteiger partial charge in [-0.25, -0.2) is 0 Å². The summed E-state index contributed by atoms with van der Waals surface area (Å²) in [4.78, 5) is 40.9. The molecular weight excluding hydrogens is 330 g/mol. The Morgan fingerprint density at radius 1 is 1.20 bits per heavy atom. The number of nitrogens with zero attached hydrogens (tertiary/aromatic N) is 1. The SMILES string of the molecule is NC(=O)CCN1OC2C(=O)NC(=O)C2C1c1ccc2c(c1)OCCO2. The largest absolute Gasteiger partial charge is 0.486 e. The van der Waals surface area contributed by atoms with Crippen molar-refractivity contribution >= 4 is 17.7 Å². The van der Waals surface area contributed by atoms with Gasteiger partial charge in [-0.15, -0.1) is 0 Å². The molecule has 1 aromatic carbocycles. The summed E-state index contributed by atoms with van der Waals surface area (Å²) in [5, 5.41) is 3.78. The fraction of sp³-hybridized carbons (Fsp3) is 0.438. The van der Waals surface area contributed by atoms with Gasteiger partial charge in [0, 0.05) is 13.0 Å². The first kappa shape index (κ1) is 15.9. The Bertz CT molecular complexity index is 751. The number of hydroxylamine groups is 2. The average molecular weight is 347 g/mol. The molecule has 25 heavy (non-hydrogen) atoms. The van der Waals surface area contributed by atoms with Gasteiger partial charge in [0.2, 0.25) is 11.8 Å². The van der Waals surface area contributed by atoms with E-state index in [-0.39, 0.29) is 13.0 Å². The molecule has 3 aliphatic rings. The lowest BCUT2D eigenvalue weighted by molar-refractivity contribution is -0.174. The maximum atomic E-state index is 12.2. The second-order valence-corrected chi connectivity index (χ2v) is 6.11. The highest BCUT2D eigenvalue weighted by Crippen LogP contribution is 2.44. The van der Waals surface area contributed by atoms with Crippen molar-refractivity contribution in [3.8, 4) is 11.5 Å². The van der Waals surface area contributed by atoms with Gasteiger partial charge in [0.05, 0.1) is 12.0 Å². The van der Waals surface area contributed by atoms with Crippen LogP contribution in [0, 0.1) is 5.92 Å². The zero-order valence-electron chi connectivity index (χ0n) is 13.3. The van der Waals surface area contributed by atoms with E-state index < -0.39 is 35.8 Å². The molecule has 132 valence electrons. The van der Waals surface area contributed by atoms with Crippen LogP contribution in [0.25, 0.3) is 0 Å². The zero-order chi connectivity index (χ0) is 17.6. The number of fused-ring (bicyclic) bond motifs is 2. The highest BCUT2D eigenvalue weighted by Gasteiger charge is 2.56. The number of primary amides is 1. The first-order valence-electron chi connectivity index (χ1n) is 8.00. The predicted octanol–water partition coefficient (Wildman–Crippen LogP) is -0.737. The number of nitrogens with one attached hydrogen (secondary N) is 1. The molecule has 3 heterocycles. The van der Waals surface area contributed by atoms with E-state index in [4.69, 9.17) is 20.0 Å². The van der Waals surface area contributed by atoms with Crippen LogP contribution in [0.4, 0.5) is 0 Å². The number of ether oxygens (including phenoxy) is 2. The number of rotatable bonds is 4. The number of hydrogen-bond donors (Lipinski definition) is 2. The van der Waals surface area contributed by atoms with Crippen molar-refractivity contribution in [2.24, 2.45) is 11.7 Å². The molecule has 0 radical (unpaired) electrons.